The number of anilines is 1. The highest BCUT2D eigenvalue weighted by atomic mass is 16.5. The fourth-order valence-electron chi connectivity index (χ4n) is 1.73. The van der Waals surface area contributed by atoms with Crippen LogP contribution < -0.4 is 10.1 Å². The number of aliphatic hydroxyl groups excluding tert-OH is 1. The molecular weight excluding hydrogens is 206 g/mol. The summed E-state index contributed by atoms with van der Waals surface area (Å²) >= 11 is 0. The Hall–Kier alpha value is -1.55. The fourth-order valence-corrected chi connectivity index (χ4v) is 1.73. The smallest absolute Gasteiger partial charge is 0.224 e. The maximum atomic E-state index is 11.4. The highest BCUT2D eigenvalue weighted by Gasteiger charge is 2.12. The van der Waals surface area contributed by atoms with Crippen LogP contribution in [0.15, 0.2) is 18.2 Å². The number of nitrogens with one attached hydrogen (secondary N) is 1. The van der Waals surface area contributed by atoms with E-state index in [1.807, 2.05) is 18.2 Å². The topological polar surface area (TPSA) is 58.6 Å². The van der Waals surface area contributed by atoms with Crippen LogP contribution in [0, 0.1) is 0 Å². The van der Waals surface area contributed by atoms with Gasteiger partial charge in [0, 0.05) is 25.1 Å². The molecule has 1 aromatic rings. The molecule has 0 spiro atoms. The lowest BCUT2D eigenvalue weighted by Crippen LogP contribution is -2.11. The van der Waals surface area contributed by atoms with Crippen molar-refractivity contribution < 1.29 is 14.6 Å². The van der Waals surface area contributed by atoms with Crippen LogP contribution in [-0.4, -0.2) is 24.2 Å². The Labute approximate surface area is 94.2 Å². The summed E-state index contributed by atoms with van der Waals surface area (Å²) in [7, 11) is 0. The van der Waals surface area contributed by atoms with Crippen molar-refractivity contribution in [1.29, 1.82) is 0 Å². The number of carbonyl (C=O) groups is 1. The van der Waals surface area contributed by atoms with Gasteiger partial charge in [-0.3, -0.25) is 4.79 Å². The van der Waals surface area contributed by atoms with Crippen molar-refractivity contribution in [3.05, 3.63) is 23.8 Å². The second kappa shape index (κ2) is 4.99. The zero-order chi connectivity index (χ0) is 11.4. The van der Waals surface area contributed by atoms with Crippen molar-refractivity contribution in [1.82, 2.24) is 0 Å². The minimum Gasteiger partial charge on any atom is -0.493 e. The lowest BCUT2D eigenvalue weighted by Gasteiger charge is -2.06. The molecule has 0 atom stereocenters. The maximum absolute atomic E-state index is 11.4. The van der Waals surface area contributed by atoms with Crippen LogP contribution in [-0.2, 0) is 11.2 Å². The predicted molar refractivity (Wildman–Crippen MR) is 60.6 cm³/mol. The molecule has 1 aromatic carbocycles. The van der Waals surface area contributed by atoms with Crippen LogP contribution in [0.25, 0.3) is 0 Å². The molecule has 0 bridgehead atoms. The van der Waals surface area contributed by atoms with Gasteiger partial charge in [0.25, 0.3) is 0 Å². The Balaban J connectivity index is 1.97. The molecule has 0 fully saturated rings. The van der Waals surface area contributed by atoms with Gasteiger partial charge in [0.05, 0.1) is 6.61 Å². The zero-order valence-electron chi connectivity index (χ0n) is 9.03. The number of amides is 1. The molecule has 86 valence electrons. The molecule has 1 amide bonds. The Morgan fingerprint density at radius 1 is 1.50 bits per heavy atom. The SMILES string of the molecule is O=C(CCCO)Nc1ccc2c(c1)CCO2. The molecule has 16 heavy (non-hydrogen) atoms. The van der Waals surface area contributed by atoms with Crippen LogP contribution in [0.2, 0.25) is 0 Å². The van der Waals surface area contributed by atoms with Gasteiger partial charge in [-0.2, -0.15) is 0 Å². The monoisotopic (exact) mass is 221 g/mol. The van der Waals surface area contributed by atoms with Crippen molar-refractivity contribution in [2.45, 2.75) is 19.3 Å². The second-order valence-electron chi connectivity index (χ2n) is 3.80. The van der Waals surface area contributed by atoms with Crippen LogP contribution in [0.4, 0.5) is 5.69 Å². The van der Waals surface area contributed by atoms with Gasteiger partial charge in [0.1, 0.15) is 5.75 Å². The van der Waals surface area contributed by atoms with Gasteiger partial charge in [0.15, 0.2) is 0 Å². The summed E-state index contributed by atoms with van der Waals surface area (Å²) in [6, 6.07) is 5.66. The number of hydrogen-bond donors (Lipinski definition) is 2. The third-order valence-electron chi connectivity index (χ3n) is 2.54. The number of carbonyl (C=O) groups excluding carboxylic acids is 1. The number of fused-ring (bicyclic) bond motifs is 1. The highest BCUT2D eigenvalue weighted by molar-refractivity contribution is 5.90. The van der Waals surface area contributed by atoms with E-state index in [0.29, 0.717) is 12.8 Å². The molecule has 1 aliphatic heterocycles. The summed E-state index contributed by atoms with van der Waals surface area (Å²) in [5.41, 5.74) is 1.94. The van der Waals surface area contributed by atoms with E-state index >= 15 is 0 Å². The number of rotatable bonds is 4. The first-order valence-corrected chi connectivity index (χ1v) is 5.46. The van der Waals surface area contributed by atoms with E-state index in [-0.39, 0.29) is 12.5 Å². The van der Waals surface area contributed by atoms with E-state index in [2.05, 4.69) is 5.32 Å². The maximum Gasteiger partial charge on any atom is 0.224 e. The summed E-state index contributed by atoms with van der Waals surface area (Å²) in [6.07, 6.45) is 1.75. The summed E-state index contributed by atoms with van der Waals surface area (Å²) in [5.74, 6) is 0.848. The first-order chi connectivity index (χ1) is 7.79. The average molecular weight is 221 g/mol. The lowest BCUT2D eigenvalue weighted by molar-refractivity contribution is -0.116. The number of benzene rings is 1. The molecule has 0 saturated carbocycles. The Morgan fingerprint density at radius 2 is 2.38 bits per heavy atom. The van der Waals surface area contributed by atoms with E-state index < -0.39 is 0 Å². The van der Waals surface area contributed by atoms with Gasteiger partial charge in [0.2, 0.25) is 5.91 Å². The third-order valence-corrected chi connectivity index (χ3v) is 2.54. The largest absolute Gasteiger partial charge is 0.493 e. The minimum atomic E-state index is -0.0621. The quantitative estimate of drug-likeness (QED) is 0.806. The summed E-state index contributed by atoms with van der Waals surface area (Å²) < 4.78 is 5.38. The van der Waals surface area contributed by atoms with Crippen molar-refractivity contribution in [3.8, 4) is 5.75 Å². The fraction of sp³-hybridized carbons (Fsp3) is 0.417. The van der Waals surface area contributed by atoms with Gasteiger partial charge in [-0.05, 0) is 30.2 Å². The standard InChI is InChI=1S/C12H15NO3/c14-6-1-2-12(15)13-10-3-4-11-9(8-10)5-7-16-11/h3-4,8,14H,1-2,5-7H2,(H,13,15). The molecular formula is C12H15NO3. The molecule has 2 N–H and O–H groups in total. The molecule has 4 heteroatoms. The molecule has 0 saturated heterocycles. The molecule has 1 heterocycles. The van der Waals surface area contributed by atoms with Crippen molar-refractivity contribution in [3.63, 3.8) is 0 Å². The van der Waals surface area contributed by atoms with Crippen molar-refractivity contribution in [2.75, 3.05) is 18.5 Å². The van der Waals surface area contributed by atoms with E-state index in [4.69, 9.17) is 9.84 Å². The first-order valence-electron chi connectivity index (χ1n) is 5.46. The van der Waals surface area contributed by atoms with Crippen LogP contribution >= 0.6 is 0 Å². The molecule has 0 aromatic heterocycles. The Bertz CT molecular complexity index is 390. The molecule has 0 unspecified atom stereocenters. The minimum absolute atomic E-state index is 0.0471. The van der Waals surface area contributed by atoms with E-state index in [1.165, 1.54) is 0 Å². The number of aliphatic hydroxyl groups is 1. The lowest BCUT2D eigenvalue weighted by atomic mass is 10.1. The van der Waals surface area contributed by atoms with E-state index in [1.54, 1.807) is 0 Å². The van der Waals surface area contributed by atoms with Gasteiger partial charge in [-0.1, -0.05) is 0 Å². The van der Waals surface area contributed by atoms with E-state index in [9.17, 15) is 4.79 Å². The average Bonchev–Trinajstić information content (AvgIpc) is 2.73. The second-order valence-corrected chi connectivity index (χ2v) is 3.80. The molecule has 0 radical (unpaired) electrons. The van der Waals surface area contributed by atoms with E-state index in [0.717, 1.165) is 30.0 Å². The van der Waals surface area contributed by atoms with Gasteiger partial charge < -0.3 is 15.2 Å². The molecule has 2 rings (SSSR count). The molecule has 1 aliphatic rings. The van der Waals surface area contributed by atoms with Crippen LogP contribution in [0.3, 0.4) is 0 Å². The summed E-state index contributed by atoms with van der Waals surface area (Å²) in [5, 5.41) is 11.4. The van der Waals surface area contributed by atoms with Gasteiger partial charge in [-0.25, -0.2) is 0 Å². The predicted octanol–water partition coefficient (Wildman–Crippen LogP) is 1.33. The highest BCUT2D eigenvalue weighted by Crippen LogP contribution is 2.27. The normalized spacial score (nSPS) is 13.1. The van der Waals surface area contributed by atoms with Crippen LogP contribution in [0.5, 0.6) is 5.75 Å². The van der Waals surface area contributed by atoms with Crippen LogP contribution in [0.1, 0.15) is 18.4 Å². The molecule has 4 nitrogen and oxygen atoms in total. The Kier molecular flexibility index (Phi) is 3.41. The van der Waals surface area contributed by atoms with Crippen molar-refractivity contribution >= 4 is 11.6 Å². The van der Waals surface area contributed by atoms with Crippen molar-refractivity contribution in [2.24, 2.45) is 0 Å². The third kappa shape index (κ3) is 2.52. The number of ether oxygens (including phenoxy) is 1. The molecule has 0 aliphatic carbocycles. The van der Waals surface area contributed by atoms with Gasteiger partial charge in [-0.15, -0.1) is 0 Å². The number of hydrogen-bond acceptors (Lipinski definition) is 3. The summed E-state index contributed by atoms with van der Waals surface area (Å²) in [4.78, 5) is 11.4. The van der Waals surface area contributed by atoms with Gasteiger partial charge >= 0.3 is 0 Å². The Morgan fingerprint density at radius 3 is 3.19 bits per heavy atom. The zero-order valence-corrected chi connectivity index (χ0v) is 9.03. The summed E-state index contributed by atoms with van der Waals surface area (Å²) in [6.45, 7) is 0.767. The first kappa shape index (κ1) is 11.0.